The average molecular weight is 331 g/mol. The van der Waals surface area contributed by atoms with Crippen molar-refractivity contribution in [2.24, 2.45) is 5.92 Å². The number of amides is 2. The van der Waals surface area contributed by atoms with Gasteiger partial charge in [0.25, 0.3) is 0 Å². The summed E-state index contributed by atoms with van der Waals surface area (Å²) in [4.78, 5) is 23.4. The lowest BCUT2D eigenvalue weighted by Crippen LogP contribution is -2.51. The summed E-state index contributed by atoms with van der Waals surface area (Å²) >= 11 is 0. The van der Waals surface area contributed by atoms with E-state index in [1.807, 2.05) is 30.2 Å². The first-order valence-corrected chi connectivity index (χ1v) is 9.17. The molecule has 0 spiro atoms. The van der Waals surface area contributed by atoms with Crippen molar-refractivity contribution in [2.45, 2.75) is 19.8 Å². The molecule has 132 valence electrons. The van der Waals surface area contributed by atoms with Crippen molar-refractivity contribution < 1.29 is 4.79 Å². The normalized spacial score (nSPS) is 22.5. The van der Waals surface area contributed by atoms with Gasteiger partial charge in [0, 0.05) is 58.6 Å². The highest BCUT2D eigenvalue weighted by molar-refractivity contribution is 5.74. The SMILES string of the molecule is CCNC(=O)N1CCC[C@@H](CN2CCN(c3ccccn3)CC2)C1. The van der Waals surface area contributed by atoms with Crippen LogP contribution in [0.25, 0.3) is 0 Å². The number of piperazine rings is 1. The molecule has 24 heavy (non-hydrogen) atoms. The third-order valence-electron chi connectivity index (χ3n) is 5.00. The van der Waals surface area contributed by atoms with E-state index in [-0.39, 0.29) is 6.03 Å². The molecule has 0 unspecified atom stereocenters. The van der Waals surface area contributed by atoms with Crippen molar-refractivity contribution in [1.29, 1.82) is 0 Å². The molecule has 3 rings (SSSR count). The fourth-order valence-electron chi connectivity index (χ4n) is 3.73. The van der Waals surface area contributed by atoms with Gasteiger partial charge in [-0.2, -0.15) is 0 Å². The largest absolute Gasteiger partial charge is 0.354 e. The highest BCUT2D eigenvalue weighted by atomic mass is 16.2. The Labute approximate surface area is 144 Å². The van der Waals surface area contributed by atoms with Crippen molar-refractivity contribution in [3.63, 3.8) is 0 Å². The maximum absolute atomic E-state index is 12.0. The van der Waals surface area contributed by atoms with Crippen molar-refractivity contribution in [2.75, 3.05) is 57.3 Å². The van der Waals surface area contributed by atoms with Gasteiger partial charge in [0.05, 0.1) is 0 Å². The first-order chi connectivity index (χ1) is 11.8. The van der Waals surface area contributed by atoms with Crippen molar-refractivity contribution >= 4 is 11.8 Å². The summed E-state index contributed by atoms with van der Waals surface area (Å²) in [7, 11) is 0. The maximum atomic E-state index is 12.0. The van der Waals surface area contributed by atoms with Gasteiger partial charge in [0.1, 0.15) is 5.82 Å². The number of piperidine rings is 1. The van der Waals surface area contributed by atoms with Crippen molar-refractivity contribution in [1.82, 2.24) is 20.1 Å². The molecular weight excluding hydrogens is 302 g/mol. The monoisotopic (exact) mass is 331 g/mol. The van der Waals surface area contributed by atoms with Crippen LogP contribution >= 0.6 is 0 Å². The van der Waals surface area contributed by atoms with Crippen LogP contribution < -0.4 is 10.2 Å². The van der Waals surface area contributed by atoms with Gasteiger partial charge < -0.3 is 15.1 Å². The summed E-state index contributed by atoms with van der Waals surface area (Å²) < 4.78 is 0. The Bertz CT molecular complexity index is 515. The Morgan fingerprint density at radius 2 is 2.08 bits per heavy atom. The number of carbonyl (C=O) groups is 1. The van der Waals surface area contributed by atoms with Gasteiger partial charge >= 0.3 is 6.03 Å². The van der Waals surface area contributed by atoms with Crippen LogP contribution in [0.2, 0.25) is 0 Å². The van der Waals surface area contributed by atoms with E-state index in [0.29, 0.717) is 12.5 Å². The molecule has 0 bridgehead atoms. The third kappa shape index (κ3) is 4.38. The molecule has 2 saturated heterocycles. The van der Waals surface area contributed by atoms with Crippen molar-refractivity contribution in [3.8, 4) is 0 Å². The summed E-state index contributed by atoms with van der Waals surface area (Å²) in [6, 6.07) is 6.19. The molecule has 0 aliphatic carbocycles. The highest BCUT2D eigenvalue weighted by Crippen LogP contribution is 2.19. The number of aromatic nitrogens is 1. The quantitative estimate of drug-likeness (QED) is 0.911. The molecule has 6 heteroatoms. The lowest BCUT2D eigenvalue weighted by molar-refractivity contribution is 0.136. The number of urea groups is 1. The Balaban J connectivity index is 1.45. The zero-order valence-electron chi connectivity index (χ0n) is 14.7. The second-order valence-corrected chi connectivity index (χ2v) is 6.77. The molecule has 2 aliphatic heterocycles. The molecule has 6 nitrogen and oxygen atoms in total. The number of nitrogens with one attached hydrogen (secondary N) is 1. The maximum Gasteiger partial charge on any atom is 0.317 e. The first-order valence-electron chi connectivity index (χ1n) is 9.17. The second kappa shape index (κ2) is 8.33. The molecule has 0 radical (unpaired) electrons. The van der Waals surface area contributed by atoms with Gasteiger partial charge in [0.15, 0.2) is 0 Å². The van der Waals surface area contributed by atoms with Gasteiger partial charge in [0.2, 0.25) is 0 Å². The first kappa shape index (κ1) is 17.0. The highest BCUT2D eigenvalue weighted by Gasteiger charge is 2.26. The van der Waals surface area contributed by atoms with Crippen LogP contribution in [0.1, 0.15) is 19.8 Å². The molecular formula is C18H29N5O. The summed E-state index contributed by atoms with van der Waals surface area (Å²) in [5.74, 6) is 1.68. The van der Waals surface area contributed by atoms with E-state index in [4.69, 9.17) is 0 Å². The number of rotatable bonds is 4. The van der Waals surface area contributed by atoms with Gasteiger partial charge in [-0.3, -0.25) is 4.90 Å². The minimum atomic E-state index is 0.0992. The number of anilines is 1. The summed E-state index contributed by atoms with van der Waals surface area (Å²) in [5.41, 5.74) is 0. The molecule has 0 aromatic carbocycles. The van der Waals surface area contributed by atoms with Crippen LogP contribution in [0.3, 0.4) is 0 Å². The predicted molar refractivity (Wildman–Crippen MR) is 96.3 cm³/mol. The number of hydrogen-bond acceptors (Lipinski definition) is 4. The van der Waals surface area contributed by atoms with E-state index in [2.05, 4.69) is 26.2 Å². The lowest BCUT2D eigenvalue weighted by Gasteiger charge is -2.39. The predicted octanol–water partition coefficient (Wildman–Crippen LogP) is 1.65. The summed E-state index contributed by atoms with van der Waals surface area (Å²) in [5, 5.41) is 2.92. The third-order valence-corrected chi connectivity index (χ3v) is 5.00. The van der Waals surface area contributed by atoms with Crippen molar-refractivity contribution in [3.05, 3.63) is 24.4 Å². The molecule has 1 aromatic heterocycles. The molecule has 0 saturated carbocycles. The topological polar surface area (TPSA) is 51.7 Å². The smallest absolute Gasteiger partial charge is 0.317 e. The molecule has 1 N–H and O–H groups in total. The number of nitrogens with zero attached hydrogens (tertiary/aromatic N) is 4. The van der Waals surface area contributed by atoms with Crippen LogP contribution in [0, 0.1) is 5.92 Å². The standard InChI is InChI=1S/C18H29N5O/c1-2-19-18(24)23-9-5-6-16(15-23)14-21-10-12-22(13-11-21)17-7-3-4-8-20-17/h3-4,7-8,16H,2,5-6,9-15H2,1H3,(H,19,24)/t16-/m0/s1. The molecule has 2 fully saturated rings. The van der Waals surface area contributed by atoms with E-state index < -0.39 is 0 Å². The second-order valence-electron chi connectivity index (χ2n) is 6.77. The zero-order valence-corrected chi connectivity index (χ0v) is 14.7. The van der Waals surface area contributed by atoms with E-state index in [1.165, 1.54) is 6.42 Å². The molecule has 1 aromatic rings. The van der Waals surface area contributed by atoms with E-state index in [9.17, 15) is 4.79 Å². The minimum absolute atomic E-state index is 0.0992. The molecule has 2 aliphatic rings. The molecule has 2 amide bonds. The summed E-state index contributed by atoms with van der Waals surface area (Å²) in [6.07, 6.45) is 4.21. The average Bonchev–Trinajstić information content (AvgIpc) is 2.63. The van der Waals surface area contributed by atoms with E-state index in [1.54, 1.807) is 0 Å². The van der Waals surface area contributed by atoms with Crippen LogP contribution in [0.15, 0.2) is 24.4 Å². The zero-order chi connectivity index (χ0) is 16.8. The van der Waals surface area contributed by atoms with Crippen LogP contribution in [-0.4, -0.2) is 73.2 Å². The number of carbonyl (C=O) groups excluding carboxylic acids is 1. The van der Waals surface area contributed by atoms with Gasteiger partial charge in [-0.1, -0.05) is 6.07 Å². The number of pyridine rings is 1. The fourth-order valence-corrected chi connectivity index (χ4v) is 3.73. The number of hydrogen-bond donors (Lipinski definition) is 1. The van der Waals surface area contributed by atoms with E-state index >= 15 is 0 Å². The summed E-state index contributed by atoms with van der Waals surface area (Å²) in [6.45, 7) is 9.79. The molecule has 3 heterocycles. The van der Waals surface area contributed by atoms with Gasteiger partial charge in [-0.15, -0.1) is 0 Å². The van der Waals surface area contributed by atoms with Gasteiger partial charge in [-0.05, 0) is 37.8 Å². The van der Waals surface area contributed by atoms with Crippen LogP contribution in [0.4, 0.5) is 10.6 Å². The number of likely N-dealkylation sites (tertiary alicyclic amines) is 1. The Hall–Kier alpha value is -1.82. The fraction of sp³-hybridized carbons (Fsp3) is 0.667. The van der Waals surface area contributed by atoms with Crippen LogP contribution in [-0.2, 0) is 0 Å². The van der Waals surface area contributed by atoms with Crippen LogP contribution in [0.5, 0.6) is 0 Å². The van der Waals surface area contributed by atoms with E-state index in [0.717, 1.165) is 58.1 Å². The Morgan fingerprint density at radius 1 is 1.25 bits per heavy atom. The minimum Gasteiger partial charge on any atom is -0.354 e. The van der Waals surface area contributed by atoms with Gasteiger partial charge in [-0.25, -0.2) is 9.78 Å². The lowest BCUT2D eigenvalue weighted by atomic mass is 9.97. The molecule has 1 atom stereocenters. The Kier molecular flexibility index (Phi) is 5.91. The Morgan fingerprint density at radius 3 is 2.79 bits per heavy atom.